The molecule has 1 atom stereocenters. The lowest BCUT2D eigenvalue weighted by Gasteiger charge is -2.15. The van der Waals surface area contributed by atoms with Gasteiger partial charge in [-0.05, 0) is 25.0 Å². The first-order valence-corrected chi connectivity index (χ1v) is 5.54. The normalized spacial score (nSPS) is 16.5. The third-order valence-corrected chi connectivity index (χ3v) is 2.55. The maximum absolute atomic E-state index is 13.3. The second-order valence-corrected chi connectivity index (χ2v) is 4.06. The average Bonchev–Trinajstić information content (AvgIpc) is 3.10. The van der Waals surface area contributed by atoms with Crippen molar-refractivity contribution in [3.05, 3.63) is 30.1 Å². The van der Waals surface area contributed by atoms with Crippen molar-refractivity contribution in [1.82, 2.24) is 5.32 Å². The highest BCUT2D eigenvalue weighted by atomic mass is 19.1. The Kier molecular flexibility index (Phi) is 3.58. The number of aliphatic carboxylic acids is 1. The van der Waals surface area contributed by atoms with Crippen LogP contribution < -0.4 is 10.1 Å². The van der Waals surface area contributed by atoms with Gasteiger partial charge in [0.05, 0.1) is 0 Å². The predicted molar refractivity (Wildman–Crippen MR) is 59.5 cm³/mol. The lowest BCUT2D eigenvalue weighted by molar-refractivity contribution is -0.144. The molecule has 5 heteroatoms. The first-order valence-electron chi connectivity index (χ1n) is 5.54. The molecule has 17 heavy (non-hydrogen) atoms. The number of rotatable bonds is 6. The van der Waals surface area contributed by atoms with Crippen LogP contribution >= 0.6 is 0 Å². The zero-order valence-electron chi connectivity index (χ0n) is 9.23. The van der Waals surface area contributed by atoms with Crippen molar-refractivity contribution in [3.63, 3.8) is 0 Å². The maximum Gasteiger partial charge on any atom is 0.346 e. The van der Waals surface area contributed by atoms with Crippen LogP contribution in [0.25, 0.3) is 0 Å². The summed E-state index contributed by atoms with van der Waals surface area (Å²) in [5.41, 5.74) is 0. The van der Waals surface area contributed by atoms with Gasteiger partial charge in [0.15, 0.2) is 11.6 Å². The topological polar surface area (TPSA) is 58.6 Å². The summed E-state index contributed by atoms with van der Waals surface area (Å²) in [7, 11) is 0. The third kappa shape index (κ3) is 3.42. The third-order valence-electron chi connectivity index (χ3n) is 2.55. The highest BCUT2D eigenvalue weighted by molar-refractivity contribution is 5.73. The second-order valence-electron chi connectivity index (χ2n) is 4.06. The molecule has 1 aliphatic carbocycles. The van der Waals surface area contributed by atoms with E-state index >= 15 is 0 Å². The van der Waals surface area contributed by atoms with Gasteiger partial charge in [-0.25, -0.2) is 9.18 Å². The van der Waals surface area contributed by atoms with Crippen LogP contribution in [0.3, 0.4) is 0 Å². The molecule has 1 aliphatic rings. The molecule has 1 aromatic carbocycles. The van der Waals surface area contributed by atoms with Gasteiger partial charge in [-0.2, -0.15) is 0 Å². The van der Waals surface area contributed by atoms with Gasteiger partial charge in [-0.1, -0.05) is 12.1 Å². The zero-order valence-corrected chi connectivity index (χ0v) is 9.23. The Balaban J connectivity index is 1.96. The van der Waals surface area contributed by atoms with Crippen LogP contribution in [0.4, 0.5) is 4.39 Å². The summed E-state index contributed by atoms with van der Waals surface area (Å²) in [4.78, 5) is 11.0. The standard InChI is InChI=1S/C12H14FNO3/c13-9-3-1-2-4-10(9)17-11(12(15)16)7-14-8-5-6-8/h1-4,8,11,14H,5-7H2,(H,15,16). The smallest absolute Gasteiger partial charge is 0.346 e. The van der Waals surface area contributed by atoms with Crippen molar-refractivity contribution in [1.29, 1.82) is 0 Å². The minimum absolute atomic E-state index is 0.0301. The molecule has 2 rings (SSSR count). The number of benzene rings is 1. The number of hydrogen-bond donors (Lipinski definition) is 2. The number of hydrogen-bond acceptors (Lipinski definition) is 3. The van der Waals surface area contributed by atoms with E-state index in [2.05, 4.69) is 5.32 Å². The summed E-state index contributed by atoms with van der Waals surface area (Å²) < 4.78 is 18.4. The fraction of sp³-hybridized carbons (Fsp3) is 0.417. The number of carboxylic acids is 1. The molecular weight excluding hydrogens is 225 g/mol. The van der Waals surface area contributed by atoms with Gasteiger partial charge < -0.3 is 15.2 Å². The van der Waals surface area contributed by atoms with E-state index in [1.54, 1.807) is 6.07 Å². The number of carboxylic acid groups (broad SMARTS) is 1. The van der Waals surface area contributed by atoms with Crippen molar-refractivity contribution in [2.75, 3.05) is 6.54 Å². The number of ether oxygens (including phenoxy) is 1. The molecule has 0 radical (unpaired) electrons. The van der Waals surface area contributed by atoms with E-state index in [4.69, 9.17) is 9.84 Å². The lowest BCUT2D eigenvalue weighted by atomic mass is 10.3. The van der Waals surface area contributed by atoms with Crippen LogP contribution in [0.2, 0.25) is 0 Å². The summed E-state index contributed by atoms with van der Waals surface area (Å²) in [5.74, 6) is -1.68. The van der Waals surface area contributed by atoms with Crippen LogP contribution in [0.15, 0.2) is 24.3 Å². The van der Waals surface area contributed by atoms with Crippen LogP contribution in [0, 0.1) is 5.82 Å². The molecule has 1 saturated carbocycles. The van der Waals surface area contributed by atoms with Crippen molar-refractivity contribution in [2.45, 2.75) is 25.0 Å². The van der Waals surface area contributed by atoms with Gasteiger partial charge in [-0.15, -0.1) is 0 Å². The molecule has 4 nitrogen and oxygen atoms in total. The van der Waals surface area contributed by atoms with Crippen LogP contribution in [-0.2, 0) is 4.79 Å². The van der Waals surface area contributed by atoms with Gasteiger partial charge in [0.2, 0.25) is 6.10 Å². The summed E-state index contributed by atoms with van der Waals surface area (Å²) in [6.45, 7) is 0.189. The molecular formula is C12H14FNO3. The Bertz CT molecular complexity index is 406. The van der Waals surface area contributed by atoms with Gasteiger partial charge in [-0.3, -0.25) is 0 Å². The van der Waals surface area contributed by atoms with Crippen LogP contribution in [0.1, 0.15) is 12.8 Å². The Morgan fingerprint density at radius 2 is 2.24 bits per heavy atom. The average molecular weight is 239 g/mol. The van der Waals surface area contributed by atoms with E-state index in [1.165, 1.54) is 18.2 Å². The fourth-order valence-electron chi connectivity index (χ4n) is 1.43. The molecule has 0 amide bonds. The Hall–Kier alpha value is -1.62. The summed E-state index contributed by atoms with van der Waals surface area (Å²) >= 11 is 0. The first kappa shape index (κ1) is 11.9. The molecule has 2 N–H and O–H groups in total. The molecule has 0 heterocycles. The molecule has 1 unspecified atom stereocenters. The lowest BCUT2D eigenvalue weighted by Crippen LogP contribution is -2.38. The highest BCUT2D eigenvalue weighted by Gasteiger charge is 2.26. The largest absolute Gasteiger partial charge is 0.478 e. The Morgan fingerprint density at radius 3 is 2.82 bits per heavy atom. The van der Waals surface area contributed by atoms with E-state index in [-0.39, 0.29) is 12.3 Å². The Labute approximate surface area is 98.4 Å². The number of carbonyl (C=O) groups is 1. The van der Waals surface area contributed by atoms with E-state index in [1.807, 2.05) is 0 Å². The molecule has 1 fully saturated rings. The van der Waals surface area contributed by atoms with Crippen LogP contribution in [0.5, 0.6) is 5.75 Å². The summed E-state index contributed by atoms with van der Waals surface area (Å²) in [5, 5.41) is 12.0. The van der Waals surface area contributed by atoms with Gasteiger partial charge in [0.1, 0.15) is 0 Å². The molecule has 0 bridgehead atoms. The molecule has 0 saturated heterocycles. The zero-order chi connectivity index (χ0) is 12.3. The minimum atomic E-state index is -1.10. The second kappa shape index (κ2) is 5.14. The SMILES string of the molecule is O=C(O)C(CNC1CC1)Oc1ccccc1F. The Morgan fingerprint density at radius 1 is 1.53 bits per heavy atom. The molecule has 0 aliphatic heterocycles. The van der Waals surface area contributed by atoms with Crippen LogP contribution in [-0.4, -0.2) is 29.8 Å². The number of para-hydroxylation sites is 1. The summed E-state index contributed by atoms with van der Waals surface area (Å²) in [6, 6.07) is 6.18. The molecule has 0 aromatic heterocycles. The quantitative estimate of drug-likeness (QED) is 0.788. The molecule has 0 spiro atoms. The number of nitrogens with one attached hydrogen (secondary N) is 1. The minimum Gasteiger partial charge on any atom is -0.478 e. The van der Waals surface area contributed by atoms with Crippen molar-refractivity contribution in [3.8, 4) is 5.75 Å². The summed E-state index contributed by atoms with van der Waals surface area (Å²) in [6.07, 6.45) is 1.06. The van der Waals surface area contributed by atoms with Gasteiger partial charge in [0, 0.05) is 12.6 Å². The molecule has 92 valence electrons. The van der Waals surface area contributed by atoms with Crippen molar-refractivity contribution < 1.29 is 19.0 Å². The highest BCUT2D eigenvalue weighted by Crippen LogP contribution is 2.20. The first-order chi connectivity index (χ1) is 8.16. The predicted octanol–water partition coefficient (Wildman–Crippen LogP) is 1.41. The maximum atomic E-state index is 13.3. The van der Waals surface area contributed by atoms with E-state index in [0.717, 1.165) is 12.8 Å². The van der Waals surface area contributed by atoms with Gasteiger partial charge >= 0.3 is 5.97 Å². The fourth-order valence-corrected chi connectivity index (χ4v) is 1.43. The monoisotopic (exact) mass is 239 g/mol. The molecule has 1 aromatic rings. The number of halogens is 1. The van der Waals surface area contributed by atoms with Crippen molar-refractivity contribution in [2.24, 2.45) is 0 Å². The van der Waals surface area contributed by atoms with E-state index in [0.29, 0.717) is 6.04 Å². The van der Waals surface area contributed by atoms with E-state index in [9.17, 15) is 9.18 Å². The van der Waals surface area contributed by atoms with E-state index < -0.39 is 17.9 Å². The van der Waals surface area contributed by atoms with Gasteiger partial charge in [0.25, 0.3) is 0 Å². The van der Waals surface area contributed by atoms with Crippen molar-refractivity contribution >= 4 is 5.97 Å².